The maximum atomic E-state index is 13.6. The van der Waals surface area contributed by atoms with Gasteiger partial charge in [-0.1, -0.05) is 339 Å². The van der Waals surface area contributed by atoms with Gasteiger partial charge >= 0.3 is 13.8 Å². The van der Waals surface area contributed by atoms with Crippen molar-refractivity contribution in [3.63, 3.8) is 0 Å². The number of ether oxygens (including phenoxy) is 1. The van der Waals surface area contributed by atoms with Gasteiger partial charge in [0.2, 0.25) is 5.91 Å². The fourth-order valence-electron chi connectivity index (χ4n) is 11.2. The molecule has 0 saturated carbocycles. The maximum absolute atomic E-state index is 13.6. The van der Waals surface area contributed by atoms with Crippen molar-refractivity contribution in [3.8, 4) is 0 Å². The Kier molecular flexibility index (Phi) is 64.9. The minimum atomic E-state index is -4.46. The highest BCUT2D eigenvalue weighted by molar-refractivity contribution is 7.47. The second-order valence-electron chi connectivity index (χ2n) is 26.8. The highest BCUT2D eigenvalue weighted by atomic mass is 31.2. The molecule has 0 fully saturated rings. The molecule has 0 aliphatic rings. The van der Waals surface area contributed by atoms with Gasteiger partial charge in [0.1, 0.15) is 19.3 Å². The summed E-state index contributed by atoms with van der Waals surface area (Å²) in [6.07, 6.45) is 86.6. The number of carbonyl (C=O) groups excluding carboxylic acids is 2. The van der Waals surface area contributed by atoms with E-state index in [1.54, 1.807) is 0 Å². The van der Waals surface area contributed by atoms with Gasteiger partial charge in [-0.25, -0.2) is 4.57 Å². The molecule has 0 radical (unpaired) electrons. The number of unbranched alkanes of at least 4 members (excludes halogenated alkanes) is 45. The van der Waals surface area contributed by atoms with Crippen LogP contribution in [0.4, 0.5) is 0 Å². The van der Waals surface area contributed by atoms with Crippen LogP contribution in [0.5, 0.6) is 0 Å². The highest BCUT2D eigenvalue weighted by Gasteiger charge is 2.30. The molecular formula is C77H146N2O7P+. The number of rotatable bonds is 69. The Morgan fingerprint density at radius 1 is 0.402 bits per heavy atom. The molecule has 87 heavy (non-hydrogen) atoms. The number of carbonyl (C=O) groups is 2. The van der Waals surface area contributed by atoms with E-state index in [0.29, 0.717) is 23.9 Å². The first kappa shape index (κ1) is 84.7. The van der Waals surface area contributed by atoms with Crippen LogP contribution >= 0.6 is 7.82 Å². The van der Waals surface area contributed by atoms with Crippen molar-refractivity contribution in [2.24, 2.45) is 0 Å². The molecule has 0 aromatic heterocycles. The summed E-state index contributed by atoms with van der Waals surface area (Å²) in [6, 6.07) is -0.850. The molecule has 0 heterocycles. The van der Waals surface area contributed by atoms with Crippen LogP contribution in [0.1, 0.15) is 367 Å². The summed E-state index contributed by atoms with van der Waals surface area (Å²) in [6.45, 7) is 7.04. The van der Waals surface area contributed by atoms with Gasteiger partial charge in [0.25, 0.3) is 0 Å². The Bertz CT molecular complexity index is 1670. The highest BCUT2D eigenvalue weighted by Crippen LogP contribution is 2.43. The van der Waals surface area contributed by atoms with E-state index >= 15 is 0 Å². The lowest BCUT2D eigenvalue weighted by Crippen LogP contribution is -2.47. The molecule has 510 valence electrons. The normalized spacial score (nSPS) is 13.8. The Balaban J connectivity index is 5.03. The average molecular weight is 1240 g/mol. The standard InChI is InChI=1S/C77H145N2O7P/c1-7-10-13-16-19-22-25-28-30-32-34-36-37-38-39-40-41-43-44-46-48-51-54-57-60-63-66-69-76(80)78-74(73-85-87(82,83)84-72-71-79(4,5)6)75(68-65-62-59-56-53-50-27-24-21-18-15-12-9-3)86-77(81)70-67-64-61-58-55-52-49-47-45-42-35-33-31-29-26-23-20-17-14-11-8-2/h19,22,28,30,34,36,38-39,65,68,74-75H,7-18,20-21,23-27,29,31-33,35,37,40-64,66-67,69-73H2,1-6H3,(H-,78,80,82,83)/p+1/b22-19-,30-28-,36-34-,39-38-,68-65-. The molecule has 0 bridgehead atoms. The van der Waals surface area contributed by atoms with Crippen molar-refractivity contribution in [1.82, 2.24) is 5.32 Å². The molecular weight excluding hydrogens is 1100 g/mol. The third kappa shape index (κ3) is 67.9. The summed E-state index contributed by atoms with van der Waals surface area (Å²) in [5, 5.41) is 3.08. The molecule has 3 unspecified atom stereocenters. The van der Waals surface area contributed by atoms with Gasteiger partial charge in [-0.05, 0) is 76.7 Å². The first-order valence-corrected chi connectivity index (χ1v) is 39.1. The van der Waals surface area contributed by atoms with Gasteiger partial charge in [0.15, 0.2) is 0 Å². The maximum Gasteiger partial charge on any atom is 0.472 e. The molecule has 0 spiro atoms. The Hall–Kier alpha value is -2.29. The average Bonchev–Trinajstić information content (AvgIpc) is 3.69. The fourth-order valence-corrected chi connectivity index (χ4v) is 11.9. The number of likely N-dealkylation sites (N-methyl/N-ethyl adjacent to an activating group) is 1. The second-order valence-corrected chi connectivity index (χ2v) is 28.3. The number of hydrogen-bond donors (Lipinski definition) is 2. The molecule has 9 nitrogen and oxygen atoms in total. The van der Waals surface area contributed by atoms with E-state index in [1.807, 2.05) is 27.2 Å². The van der Waals surface area contributed by atoms with Gasteiger partial charge in [-0.3, -0.25) is 18.6 Å². The number of quaternary nitrogens is 1. The molecule has 0 aliphatic carbocycles. The van der Waals surface area contributed by atoms with Crippen LogP contribution in [0, 0.1) is 0 Å². The number of nitrogens with zero attached hydrogens (tertiary/aromatic N) is 1. The van der Waals surface area contributed by atoms with Gasteiger partial charge < -0.3 is 19.4 Å². The molecule has 0 aromatic rings. The summed E-state index contributed by atoms with van der Waals surface area (Å²) in [5.41, 5.74) is 0. The molecule has 3 atom stereocenters. The number of nitrogens with one attached hydrogen (secondary N) is 1. The first-order chi connectivity index (χ1) is 42.4. The Labute approximate surface area is 541 Å². The smallest absolute Gasteiger partial charge is 0.456 e. The fraction of sp³-hybridized carbons (Fsp3) is 0.844. The Morgan fingerprint density at radius 3 is 1.07 bits per heavy atom. The largest absolute Gasteiger partial charge is 0.472 e. The van der Waals surface area contributed by atoms with Crippen LogP contribution in [0.3, 0.4) is 0 Å². The topological polar surface area (TPSA) is 111 Å². The van der Waals surface area contributed by atoms with Gasteiger partial charge in [0, 0.05) is 12.8 Å². The second kappa shape index (κ2) is 66.6. The molecule has 0 rings (SSSR count). The number of amides is 1. The van der Waals surface area contributed by atoms with E-state index in [1.165, 1.54) is 257 Å². The van der Waals surface area contributed by atoms with E-state index in [9.17, 15) is 19.0 Å². The van der Waals surface area contributed by atoms with E-state index in [2.05, 4.69) is 80.8 Å². The molecule has 0 saturated heterocycles. The molecule has 10 heteroatoms. The van der Waals surface area contributed by atoms with Crippen LogP contribution in [0.25, 0.3) is 0 Å². The predicted molar refractivity (Wildman–Crippen MR) is 378 cm³/mol. The van der Waals surface area contributed by atoms with E-state index in [4.69, 9.17) is 13.8 Å². The molecule has 0 aromatic carbocycles. The summed E-state index contributed by atoms with van der Waals surface area (Å²) < 4.78 is 30.9. The van der Waals surface area contributed by atoms with Crippen molar-refractivity contribution in [3.05, 3.63) is 60.8 Å². The van der Waals surface area contributed by atoms with Crippen LogP contribution in [-0.4, -0.2) is 74.3 Å². The van der Waals surface area contributed by atoms with Gasteiger partial charge in [-0.15, -0.1) is 0 Å². The third-order valence-electron chi connectivity index (χ3n) is 17.0. The van der Waals surface area contributed by atoms with E-state index in [-0.39, 0.29) is 25.1 Å². The van der Waals surface area contributed by atoms with Crippen molar-refractivity contribution in [2.45, 2.75) is 380 Å². The van der Waals surface area contributed by atoms with E-state index < -0.39 is 20.0 Å². The first-order valence-electron chi connectivity index (χ1n) is 37.6. The zero-order chi connectivity index (χ0) is 63.5. The zero-order valence-electron chi connectivity index (χ0n) is 58.5. The summed E-state index contributed by atoms with van der Waals surface area (Å²) in [4.78, 5) is 38.0. The summed E-state index contributed by atoms with van der Waals surface area (Å²) in [5.74, 6) is -0.490. The molecule has 1 amide bonds. The van der Waals surface area contributed by atoms with Crippen LogP contribution in [0.2, 0.25) is 0 Å². The van der Waals surface area contributed by atoms with E-state index in [0.717, 1.165) is 77.0 Å². The number of hydrogen-bond acceptors (Lipinski definition) is 6. The van der Waals surface area contributed by atoms with Crippen LogP contribution in [-0.2, 0) is 27.9 Å². The lowest BCUT2D eigenvalue weighted by molar-refractivity contribution is -0.870. The number of phosphoric acid groups is 1. The van der Waals surface area contributed by atoms with Crippen molar-refractivity contribution in [2.75, 3.05) is 40.9 Å². The monoisotopic (exact) mass is 1240 g/mol. The van der Waals surface area contributed by atoms with Crippen molar-refractivity contribution in [1.29, 1.82) is 0 Å². The quantitative estimate of drug-likeness (QED) is 0.0205. The van der Waals surface area contributed by atoms with Gasteiger partial charge in [0.05, 0.1) is 33.8 Å². The van der Waals surface area contributed by atoms with Crippen molar-refractivity contribution >= 4 is 19.7 Å². The van der Waals surface area contributed by atoms with Crippen molar-refractivity contribution < 1.29 is 37.3 Å². The number of esters is 1. The zero-order valence-corrected chi connectivity index (χ0v) is 59.4. The summed E-state index contributed by atoms with van der Waals surface area (Å²) in [7, 11) is 1.51. The van der Waals surface area contributed by atoms with Crippen LogP contribution < -0.4 is 5.32 Å². The summed E-state index contributed by atoms with van der Waals surface area (Å²) >= 11 is 0. The number of allylic oxidation sites excluding steroid dienone is 9. The lowest BCUT2D eigenvalue weighted by Gasteiger charge is -2.27. The SMILES string of the molecule is CCCCC/C=C\C/C=C\C/C=C\C/C=C\CCCCCCCCCCCCCC(=O)NC(COP(=O)(O)OCC[N+](C)(C)C)C(/C=C\CCCCCCCCCCCCC)OC(=O)CCCCCCCCCCCCCCCCCCCCCCC. The van der Waals surface area contributed by atoms with Crippen LogP contribution in [0.15, 0.2) is 60.8 Å². The molecule has 0 aliphatic heterocycles. The lowest BCUT2D eigenvalue weighted by atomic mass is 10.0. The third-order valence-corrected chi connectivity index (χ3v) is 17.9. The molecule has 2 N–H and O–H groups in total. The number of phosphoric ester groups is 1. The minimum absolute atomic E-state index is 0.0406. The Morgan fingerprint density at radius 2 is 0.701 bits per heavy atom. The van der Waals surface area contributed by atoms with Gasteiger partial charge in [-0.2, -0.15) is 0 Å². The predicted octanol–water partition coefficient (Wildman–Crippen LogP) is 24.1. The minimum Gasteiger partial charge on any atom is -0.456 e.